The van der Waals surface area contributed by atoms with E-state index in [9.17, 15) is 15.3 Å². The number of hydrogen-bond acceptors (Lipinski definition) is 6. The molecule has 0 N–H and O–H groups in total. The van der Waals surface area contributed by atoms with Gasteiger partial charge in [-0.25, -0.2) is 0 Å². The Bertz CT molecular complexity index is 3530. The minimum Gasteiger partial charge on any atom is -0.872 e. The summed E-state index contributed by atoms with van der Waals surface area (Å²) in [4.78, 5) is 0. The molecule has 0 bridgehead atoms. The third kappa shape index (κ3) is 8.57. The molecule has 12 aromatic carbocycles. The first-order chi connectivity index (χ1) is 33.0. The average Bonchev–Trinajstić information content (AvgIpc) is 3.37. The van der Waals surface area contributed by atoms with E-state index in [4.69, 9.17) is 11.4 Å². The monoisotopic (exact) mass is 900 g/mol. The zero-order valence-corrected chi connectivity index (χ0v) is 40.0. The van der Waals surface area contributed by atoms with Crippen LogP contribution in [0.15, 0.2) is 218 Å². The summed E-state index contributed by atoms with van der Waals surface area (Å²) in [6.07, 6.45) is 0. The summed E-state index contributed by atoms with van der Waals surface area (Å²) in [6, 6.07) is 69.1. The normalized spacial score (nSPS) is 11.0. The van der Waals surface area contributed by atoms with E-state index in [1.165, 1.54) is 0 Å². The Labute approximate surface area is 445 Å². The molecule has 0 amide bonds. The number of rotatable bonds is 9. The summed E-state index contributed by atoms with van der Waals surface area (Å²) >= 11 is -3.65. The van der Waals surface area contributed by atoms with E-state index in [0.29, 0.717) is 50.6 Å². The first-order valence-corrected chi connectivity index (χ1v) is 23.5. The molecule has 70 heavy (non-hydrogen) atoms. The molecule has 0 saturated carbocycles. The van der Waals surface area contributed by atoms with E-state index in [1.54, 1.807) is 18.2 Å². The van der Waals surface area contributed by atoms with Crippen LogP contribution in [0, 0.1) is 0 Å². The molecule has 6 nitrogen and oxygen atoms in total. The summed E-state index contributed by atoms with van der Waals surface area (Å²) in [5, 5.41) is 53.1. The van der Waals surface area contributed by atoms with E-state index in [2.05, 4.69) is 0 Å². The van der Waals surface area contributed by atoms with Crippen molar-refractivity contribution < 1.29 is 83.3 Å². The molecule has 0 unspecified atom stereocenters. The molecule has 0 aliphatic carbocycles. The van der Waals surface area contributed by atoms with Gasteiger partial charge >= 0.3 is 71.7 Å². The zero-order valence-electron chi connectivity index (χ0n) is 38.8. The summed E-state index contributed by atoms with van der Waals surface area (Å²) in [6.45, 7) is 0. The molecule has 318 valence electrons. The Morgan fingerprint density at radius 1 is 0.229 bits per heavy atom. The second kappa shape index (κ2) is 20.3. The van der Waals surface area contributed by atoms with Gasteiger partial charge < -0.3 is 26.7 Å². The van der Waals surface area contributed by atoms with Gasteiger partial charge in [-0.05, 0) is 99.5 Å². The average molecular weight is 901 g/mol. The first kappa shape index (κ1) is 48.4. The smallest absolute Gasteiger partial charge is 0.872 e. The van der Waals surface area contributed by atoms with E-state index in [-0.39, 0.29) is 73.8 Å². The molecular formula is C60H36AlLi3O6. The Morgan fingerprint density at radius 3 is 0.671 bits per heavy atom. The fourth-order valence-corrected chi connectivity index (χ4v) is 11.1. The molecule has 10 heteroatoms. The predicted octanol–water partition coefficient (Wildman–Crippen LogP) is 4.36. The first-order valence-electron chi connectivity index (χ1n) is 22.1. The summed E-state index contributed by atoms with van der Waals surface area (Å²) in [5.74, 6) is 0.679. The van der Waals surface area contributed by atoms with Crippen LogP contribution in [0.1, 0.15) is 0 Å². The predicted molar refractivity (Wildman–Crippen MR) is 267 cm³/mol. The zero-order chi connectivity index (χ0) is 45.0. The fraction of sp³-hybridized carbons (Fsp3) is 0. The Hall–Kier alpha value is -6.68. The molecule has 0 saturated heterocycles. The number of benzene rings is 12. The second-order valence-electron chi connectivity index (χ2n) is 16.6. The van der Waals surface area contributed by atoms with Crippen molar-refractivity contribution in [2.24, 2.45) is 0 Å². The summed E-state index contributed by atoms with van der Waals surface area (Å²) in [7, 11) is 0. The molecule has 0 atom stereocenters. The molecule has 0 spiro atoms. The van der Waals surface area contributed by atoms with Gasteiger partial charge in [0.05, 0.1) is 17.2 Å². The second-order valence-corrected chi connectivity index (χ2v) is 17.9. The van der Waals surface area contributed by atoms with Crippen LogP contribution in [0.3, 0.4) is 0 Å². The van der Waals surface area contributed by atoms with Crippen molar-refractivity contribution in [1.29, 1.82) is 0 Å². The molecule has 0 fully saturated rings. The van der Waals surface area contributed by atoms with Gasteiger partial charge in [0.25, 0.3) is 0 Å². The van der Waals surface area contributed by atoms with Crippen molar-refractivity contribution in [2.75, 3.05) is 0 Å². The standard InChI is InChI=1S/3C20H14O2.Al.3Li/c3*21-17-11-9-13-5-1-3-7-15(13)19(17)20-16-8-4-2-6-14(16)10-12-18(20)22;;;;/h3*1-12,21-22H;;;;/q;;;+3;3*+1/p-6. The van der Waals surface area contributed by atoms with Crippen LogP contribution >= 0.6 is 0 Å². The molecule has 0 radical (unpaired) electrons. The Balaban J connectivity index is 0.00000203. The van der Waals surface area contributed by atoms with Gasteiger partial charge in [0.1, 0.15) is 0 Å². The Morgan fingerprint density at radius 2 is 0.429 bits per heavy atom. The molecule has 0 aliphatic heterocycles. The maximum atomic E-state index is 14.3. The largest absolute Gasteiger partial charge is 1.20 e. The summed E-state index contributed by atoms with van der Waals surface area (Å²) in [5.41, 5.74) is 3.30. The van der Waals surface area contributed by atoms with Crippen LogP contribution in [0.4, 0.5) is 0 Å². The molecule has 0 aromatic heterocycles. The van der Waals surface area contributed by atoms with E-state index >= 15 is 0 Å². The van der Waals surface area contributed by atoms with Crippen molar-refractivity contribution in [2.45, 2.75) is 0 Å². The summed E-state index contributed by atoms with van der Waals surface area (Å²) < 4.78 is 21.8. The van der Waals surface area contributed by atoms with Gasteiger partial charge in [-0.2, -0.15) is 0 Å². The minimum absolute atomic E-state index is 0. The maximum absolute atomic E-state index is 14.3. The van der Waals surface area contributed by atoms with Gasteiger partial charge in [-0.3, -0.25) is 0 Å². The van der Waals surface area contributed by atoms with Crippen molar-refractivity contribution in [3.8, 4) is 67.9 Å². The Kier molecular flexibility index (Phi) is 14.1. The topological polar surface area (TPSA) is 96.9 Å². The van der Waals surface area contributed by atoms with E-state index < -0.39 is 15.1 Å². The molecular weight excluding hydrogens is 864 g/mol. The quantitative estimate of drug-likeness (QED) is 0.200. The van der Waals surface area contributed by atoms with Gasteiger partial charge in [0, 0.05) is 16.7 Å². The molecule has 12 rings (SSSR count). The van der Waals surface area contributed by atoms with E-state index in [0.717, 1.165) is 64.6 Å². The van der Waals surface area contributed by atoms with Crippen molar-refractivity contribution >= 4 is 79.8 Å². The van der Waals surface area contributed by atoms with Gasteiger partial charge in [-0.1, -0.05) is 200 Å². The van der Waals surface area contributed by atoms with Gasteiger partial charge in [0.2, 0.25) is 0 Å². The SMILES string of the molecule is [Li+].[Li+].[Li+].[O-]c1ccc2ccccc2c1-c1c([O][Al]([O]c2ccc3ccccc3c2-c2c([O-])ccc3ccccc23)[O]c2ccc3ccccc3c2-c2c([O-])ccc3ccccc23)ccc2ccccc12. The van der Waals surface area contributed by atoms with Crippen molar-refractivity contribution in [3.05, 3.63) is 218 Å². The fourth-order valence-electron chi connectivity index (χ4n) is 9.73. The van der Waals surface area contributed by atoms with Gasteiger partial charge in [-0.15, -0.1) is 17.2 Å². The van der Waals surface area contributed by atoms with Crippen LogP contribution < -0.4 is 83.3 Å². The maximum Gasteiger partial charge on any atom is 1.20 e. The van der Waals surface area contributed by atoms with Crippen LogP contribution in [0.25, 0.3) is 98.0 Å². The molecule has 12 aromatic rings. The number of fused-ring (bicyclic) bond motifs is 6. The van der Waals surface area contributed by atoms with Crippen LogP contribution in [-0.2, 0) is 0 Å². The van der Waals surface area contributed by atoms with Crippen LogP contribution in [0.5, 0.6) is 34.5 Å². The van der Waals surface area contributed by atoms with Gasteiger partial charge in [0.15, 0.2) is 0 Å². The number of hydrogen-bond donors (Lipinski definition) is 0. The van der Waals surface area contributed by atoms with Crippen LogP contribution in [0.2, 0.25) is 0 Å². The minimum atomic E-state index is -3.65. The third-order valence-electron chi connectivity index (χ3n) is 12.8. The van der Waals surface area contributed by atoms with Crippen molar-refractivity contribution in [3.63, 3.8) is 0 Å². The molecule has 0 heterocycles. The van der Waals surface area contributed by atoms with Crippen LogP contribution in [-0.4, -0.2) is 15.1 Å². The van der Waals surface area contributed by atoms with E-state index in [1.807, 2.05) is 200 Å². The third-order valence-corrected chi connectivity index (χ3v) is 14.1. The van der Waals surface area contributed by atoms with Crippen molar-refractivity contribution in [1.82, 2.24) is 0 Å². The molecule has 0 aliphatic rings.